The zero-order chi connectivity index (χ0) is 10.4. The Kier molecular flexibility index (Phi) is 3.79. The molecule has 0 atom stereocenters. The molecule has 0 aromatic heterocycles. The number of benzene rings is 1. The van der Waals surface area contributed by atoms with Crippen molar-refractivity contribution in [3.63, 3.8) is 0 Å². The van der Waals surface area contributed by atoms with Crippen LogP contribution in [0.15, 0.2) is 24.3 Å². The number of rotatable bonds is 3. The molecule has 4 nitrogen and oxygen atoms in total. The van der Waals surface area contributed by atoms with Crippen molar-refractivity contribution in [2.24, 2.45) is 0 Å². The molecule has 14 heavy (non-hydrogen) atoms. The van der Waals surface area contributed by atoms with Gasteiger partial charge in [0.1, 0.15) is 5.75 Å². The molecule has 1 aromatic rings. The highest BCUT2D eigenvalue weighted by atomic mass is 16.3. The highest BCUT2D eigenvalue weighted by molar-refractivity contribution is 5.89. The number of hydrogen-bond acceptors (Lipinski definition) is 2. The third kappa shape index (κ3) is 3.35. The van der Waals surface area contributed by atoms with Gasteiger partial charge in [-0.2, -0.15) is 0 Å². The topological polar surface area (TPSA) is 61.4 Å². The maximum Gasteiger partial charge on any atom is 0.319 e. The molecular weight excluding hydrogens is 180 g/mol. The Morgan fingerprint density at radius 2 is 2.29 bits per heavy atom. The van der Waals surface area contributed by atoms with Gasteiger partial charge in [0.2, 0.25) is 0 Å². The third-order valence-electron chi connectivity index (χ3n) is 1.64. The van der Waals surface area contributed by atoms with Crippen LogP contribution >= 0.6 is 0 Å². The fraction of sp³-hybridized carbons (Fsp3) is 0.300. The summed E-state index contributed by atoms with van der Waals surface area (Å²) in [5, 5.41) is 14.4. The third-order valence-corrected chi connectivity index (χ3v) is 1.64. The molecule has 76 valence electrons. The summed E-state index contributed by atoms with van der Waals surface area (Å²) < 4.78 is 0. The number of anilines is 1. The van der Waals surface area contributed by atoms with Crippen molar-refractivity contribution in [3.8, 4) is 5.75 Å². The number of phenols is 1. The Bertz CT molecular complexity index is 313. The summed E-state index contributed by atoms with van der Waals surface area (Å²) in [7, 11) is 0. The molecule has 0 bridgehead atoms. The second-order valence-electron chi connectivity index (χ2n) is 2.93. The lowest BCUT2D eigenvalue weighted by atomic mass is 10.3. The maximum atomic E-state index is 11.2. The first-order valence-corrected chi connectivity index (χ1v) is 4.56. The van der Waals surface area contributed by atoms with Crippen LogP contribution in [-0.4, -0.2) is 17.7 Å². The number of phenolic OH excluding ortho intramolecular Hbond substituents is 1. The van der Waals surface area contributed by atoms with Gasteiger partial charge in [-0.15, -0.1) is 0 Å². The molecule has 4 heteroatoms. The number of urea groups is 1. The minimum absolute atomic E-state index is 0.137. The number of amides is 2. The number of aromatic hydroxyl groups is 1. The molecule has 0 saturated carbocycles. The monoisotopic (exact) mass is 194 g/mol. The molecule has 3 N–H and O–H groups in total. The molecule has 0 spiro atoms. The van der Waals surface area contributed by atoms with E-state index in [1.807, 2.05) is 6.92 Å². The van der Waals surface area contributed by atoms with E-state index in [4.69, 9.17) is 5.11 Å². The molecule has 1 aromatic carbocycles. The van der Waals surface area contributed by atoms with Gasteiger partial charge in [0.15, 0.2) is 0 Å². The van der Waals surface area contributed by atoms with E-state index in [1.54, 1.807) is 18.2 Å². The average Bonchev–Trinajstić information content (AvgIpc) is 2.15. The smallest absolute Gasteiger partial charge is 0.319 e. The predicted molar refractivity (Wildman–Crippen MR) is 55.4 cm³/mol. The van der Waals surface area contributed by atoms with Crippen LogP contribution < -0.4 is 10.6 Å². The summed E-state index contributed by atoms with van der Waals surface area (Å²) in [5.74, 6) is 0.137. The van der Waals surface area contributed by atoms with Crippen LogP contribution in [0.1, 0.15) is 13.3 Å². The van der Waals surface area contributed by atoms with E-state index >= 15 is 0 Å². The van der Waals surface area contributed by atoms with Gasteiger partial charge < -0.3 is 15.7 Å². The van der Waals surface area contributed by atoms with Crippen LogP contribution in [0.3, 0.4) is 0 Å². The fourth-order valence-corrected chi connectivity index (χ4v) is 0.997. The van der Waals surface area contributed by atoms with Crippen LogP contribution in [0.2, 0.25) is 0 Å². The first kappa shape index (κ1) is 10.4. The molecule has 0 aliphatic rings. The fourth-order valence-electron chi connectivity index (χ4n) is 0.997. The van der Waals surface area contributed by atoms with Crippen molar-refractivity contribution < 1.29 is 9.90 Å². The Morgan fingerprint density at radius 1 is 1.50 bits per heavy atom. The maximum absolute atomic E-state index is 11.2. The van der Waals surface area contributed by atoms with Gasteiger partial charge in [-0.25, -0.2) is 4.79 Å². The normalized spacial score (nSPS) is 9.50. The molecule has 0 aliphatic heterocycles. The van der Waals surface area contributed by atoms with Crippen molar-refractivity contribution in [2.45, 2.75) is 13.3 Å². The number of nitrogens with one attached hydrogen (secondary N) is 2. The molecule has 0 unspecified atom stereocenters. The predicted octanol–water partition coefficient (Wildman–Crippen LogP) is 1.92. The van der Waals surface area contributed by atoms with Gasteiger partial charge in [-0.1, -0.05) is 13.0 Å². The first-order chi connectivity index (χ1) is 6.72. The average molecular weight is 194 g/mol. The lowest BCUT2D eigenvalue weighted by Gasteiger charge is -2.06. The second kappa shape index (κ2) is 5.11. The van der Waals surface area contributed by atoms with E-state index in [0.717, 1.165) is 6.42 Å². The number of carbonyl (C=O) groups excluding carboxylic acids is 1. The van der Waals surface area contributed by atoms with Crippen molar-refractivity contribution >= 4 is 11.7 Å². The molecule has 2 amide bonds. The SMILES string of the molecule is CCCNC(=O)Nc1cccc(O)c1. The minimum atomic E-state index is -0.252. The standard InChI is InChI=1S/C10H14N2O2/c1-2-6-11-10(14)12-8-4-3-5-9(13)7-8/h3-5,7,13H,2,6H2,1H3,(H2,11,12,14). The van der Waals surface area contributed by atoms with Crippen molar-refractivity contribution in [3.05, 3.63) is 24.3 Å². The Balaban J connectivity index is 2.47. The van der Waals surface area contributed by atoms with Crippen molar-refractivity contribution in [1.29, 1.82) is 0 Å². The summed E-state index contributed by atoms with van der Waals surface area (Å²) in [5.41, 5.74) is 0.582. The van der Waals surface area contributed by atoms with Gasteiger partial charge in [0.25, 0.3) is 0 Å². The van der Waals surface area contributed by atoms with Gasteiger partial charge in [0.05, 0.1) is 0 Å². The highest BCUT2D eigenvalue weighted by Crippen LogP contribution is 2.14. The summed E-state index contributed by atoms with van der Waals surface area (Å²) in [6.45, 7) is 2.62. The van der Waals surface area contributed by atoms with Gasteiger partial charge in [-0.3, -0.25) is 0 Å². The van der Waals surface area contributed by atoms with E-state index < -0.39 is 0 Å². The molecule has 0 saturated heterocycles. The lowest BCUT2D eigenvalue weighted by Crippen LogP contribution is -2.29. The summed E-state index contributed by atoms with van der Waals surface area (Å²) in [4.78, 5) is 11.2. The number of carbonyl (C=O) groups is 1. The molecule has 0 aliphatic carbocycles. The van der Waals surface area contributed by atoms with E-state index in [2.05, 4.69) is 10.6 Å². The van der Waals surface area contributed by atoms with E-state index in [1.165, 1.54) is 6.07 Å². The van der Waals surface area contributed by atoms with Crippen LogP contribution in [0, 0.1) is 0 Å². The van der Waals surface area contributed by atoms with Gasteiger partial charge in [0, 0.05) is 18.3 Å². The Labute approximate surface area is 82.9 Å². The highest BCUT2D eigenvalue weighted by Gasteiger charge is 1.99. The van der Waals surface area contributed by atoms with Crippen molar-refractivity contribution in [2.75, 3.05) is 11.9 Å². The summed E-state index contributed by atoms with van der Waals surface area (Å²) >= 11 is 0. The molecule has 1 rings (SSSR count). The molecule has 0 radical (unpaired) electrons. The lowest BCUT2D eigenvalue weighted by molar-refractivity contribution is 0.252. The molecular formula is C10H14N2O2. The van der Waals surface area contributed by atoms with E-state index in [0.29, 0.717) is 12.2 Å². The van der Waals surface area contributed by atoms with Crippen molar-refractivity contribution in [1.82, 2.24) is 5.32 Å². The minimum Gasteiger partial charge on any atom is -0.508 e. The van der Waals surface area contributed by atoms with Gasteiger partial charge in [-0.05, 0) is 18.6 Å². The molecule has 0 fully saturated rings. The zero-order valence-electron chi connectivity index (χ0n) is 8.08. The molecule has 0 heterocycles. The Morgan fingerprint density at radius 3 is 2.93 bits per heavy atom. The summed E-state index contributed by atoms with van der Waals surface area (Å²) in [6, 6.07) is 6.17. The van der Waals surface area contributed by atoms with E-state index in [9.17, 15) is 4.79 Å². The van der Waals surface area contributed by atoms with Crippen LogP contribution in [0.5, 0.6) is 5.75 Å². The van der Waals surface area contributed by atoms with E-state index in [-0.39, 0.29) is 11.8 Å². The zero-order valence-corrected chi connectivity index (χ0v) is 8.08. The number of hydrogen-bond donors (Lipinski definition) is 3. The summed E-state index contributed by atoms with van der Waals surface area (Å²) in [6.07, 6.45) is 0.896. The van der Waals surface area contributed by atoms with Gasteiger partial charge >= 0.3 is 6.03 Å². The van der Waals surface area contributed by atoms with Crippen LogP contribution in [0.25, 0.3) is 0 Å². The quantitative estimate of drug-likeness (QED) is 0.688. The van der Waals surface area contributed by atoms with Crippen LogP contribution in [0.4, 0.5) is 10.5 Å². The largest absolute Gasteiger partial charge is 0.508 e. The second-order valence-corrected chi connectivity index (χ2v) is 2.93. The van der Waals surface area contributed by atoms with Crippen LogP contribution in [-0.2, 0) is 0 Å². The Hall–Kier alpha value is -1.71. The first-order valence-electron chi connectivity index (χ1n) is 4.56.